The van der Waals surface area contributed by atoms with Crippen LogP contribution in [0, 0.1) is 5.82 Å². The first kappa shape index (κ1) is 30.1. The van der Waals surface area contributed by atoms with Crippen LogP contribution in [0.1, 0.15) is 16.8 Å². The van der Waals surface area contributed by atoms with E-state index in [9.17, 15) is 4.39 Å². The molecule has 0 amide bonds. The van der Waals surface area contributed by atoms with Crippen LogP contribution < -0.4 is 10.1 Å². The van der Waals surface area contributed by atoms with Crippen molar-refractivity contribution in [1.29, 1.82) is 0 Å². The van der Waals surface area contributed by atoms with Crippen LogP contribution in [-0.2, 0) is 30.7 Å². The zero-order valence-corrected chi connectivity index (χ0v) is 26.7. The maximum atomic E-state index is 13.5. The molecule has 7 rings (SSSR count). The standard InChI is InChI=1S/C33H35ClFN7O2S/c1-43-16-15-41-11-9-40(10-12-41)13-14-42-19-26-28(39-42)7-6-25-30-32(36-21-37-33(30)45-31(25)26)38-24-5-8-29(27(34)18-24)44-20-22-3-2-4-23(35)17-22/h2-5,8,17-19,21H,6-7,9-16,20H2,1H3,(H,36,37,38). The number of anilines is 2. The van der Waals surface area contributed by atoms with Gasteiger partial charge in [0.05, 0.1) is 29.3 Å². The summed E-state index contributed by atoms with van der Waals surface area (Å²) >= 11 is 8.28. The summed E-state index contributed by atoms with van der Waals surface area (Å²) in [6.07, 6.45) is 5.58. The van der Waals surface area contributed by atoms with Gasteiger partial charge in [0.1, 0.15) is 35.1 Å². The zero-order chi connectivity index (χ0) is 30.8. The van der Waals surface area contributed by atoms with Gasteiger partial charge in [-0.15, -0.1) is 11.3 Å². The van der Waals surface area contributed by atoms with Crippen molar-refractivity contribution < 1.29 is 13.9 Å². The lowest BCUT2D eigenvalue weighted by atomic mass is 9.95. The van der Waals surface area contributed by atoms with Crippen molar-refractivity contribution in [3.8, 4) is 16.2 Å². The van der Waals surface area contributed by atoms with Crippen LogP contribution in [-0.4, -0.2) is 82.5 Å². The summed E-state index contributed by atoms with van der Waals surface area (Å²) in [4.78, 5) is 16.4. The van der Waals surface area contributed by atoms with Crippen LogP contribution in [0.25, 0.3) is 20.7 Å². The molecule has 1 N–H and O–H groups in total. The fraction of sp³-hybridized carbons (Fsp3) is 0.364. The molecule has 9 nitrogen and oxygen atoms in total. The molecule has 1 aliphatic heterocycles. The van der Waals surface area contributed by atoms with Crippen molar-refractivity contribution in [2.24, 2.45) is 0 Å². The smallest absolute Gasteiger partial charge is 0.142 e. The monoisotopic (exact) mass is 647 g/mol. The number of thiophene rings is 1. The third-order valence-electron chi connectivity index (χ3n) is 8.48. The van der Waals surface area contributed by atoms with Crippen LogP contribution in [0.3, 0.4) is 0 Å². The summed E-state index contributed by atoms with van der Waals surface area (Å²) in [5.41, 5.74) is 5.15. The van der Waals surface area contributed by atoms with Gasteiger partial charge in [-0.25, -0.2) is 14.4 Å². The molecule has 12 heteroatoms. The van der Waals surface area contributed by atoms with E-state index in [0.717, 1.165) is 98.2 Å². The van der Waals surface area contributed by atoms with Crippen molar-refractivity contribution in [3.05, 3.63) is 82.6 Å². The summed E-state index contributed by atoms with van der Waals surface area (Å²) in [5, 5.41) is 9.94. The van der Waals surface area contributed by atoms with Gasteiger partial charge in [0.15, 0.2) is 0 Å². The Hall–Kier alpha value is -3.61. The van der Waals surface area contributed by atoms with Crippen molar-refractivity contribution in [2.75, 3.05) is 58.3 Å². The number of piperazine rings is 1. The van der Waals surface area contributed by atoms with Crippen LogP contribution in [0.4, 0.5) is 15.9 Å². The normalized spacial score (nSPS) is 15.3. The number of halogens is 2. The Morgan fingerprint density at radius 1 is 1.00 bits per heavy atom. The van der Waals surface area contributed by atoms with E-state index in [1.54, 1.807) is 30.8 Å². The average Bonchev–Trinajstić information content (AvgIpc) is 3.65. The molecule has 0 bridgehead atoms. The third kappa shape index (κ3) is 6.68. The van der Waals surface area contributed by atoms with Crippen molar-refractivity contribution >= 4 is 44.7 Å². The first-order chi connectivity index (χ1) is 22.0. The molecular weight excluding hydrogens is 613 g/mol. The Bertz CT molecular complexity index is 1800. The lowest BCUT2D eigenvalue weighted by Gasteiger charge is -2.34. The average molecular weight is 648 g/mol. The molecule has 2 aromatic carbocycles. The Balaban J connectivity index is 1.04. The molecule has 1 aliphatic carbocycles. The third-order valence-corrected chi connectivity index (χ3v) is 9.95. The minimum atomic E-state index is -0.294. The van der Waals surface area contributed by atoms with Crippen molar-refractivity contribution in [1.82, 2.24) is 29.5 Å². The highest BCUT2D eigenvalue weighted by atomic mass is 35.5. The number of aromatic nitrogens is 4. The van der Waals surface area contributed by atoms with E-state index < -0.39 is 0 Å². The molecule has 0 spiro atoms. The molecule has 0 saturated carbocycles. The molecule has 1 fully saturated rings. The second-order valence-electron chi connectivity index (χ2n) is 11.4. The van der Waals surface area contributed by atoms with Gasteiger partial charge in [0.2, 0.25) is 0 Å². The molecule has 234 valence electrons. The van der Waals surface area contributed by atoms with Gasteiger partial charge in [-0.2, -0.15) is 5.10 Å². The second-order valence-corrected chi connectivity index (χ2v) is 12.8. The van der Waals surface area contributed by atoms with E-state index >= 15 is 0 Å². The first-order valence-electron chi connectivity index (χ1n) is 15.2. The van der Waals surface area contributed by atoms with Crippen LogP contribution >= 0.6 is 22.9 Å². The molecular formula is C33H35ClFN7O2S. The predicted molar refractivity (Wildman–Crippen MR) is 176 cm³/mol. The van der Waals surface area contributed by atoms with E-state index in [0.29, 0.717) is 10.8 Å². The van der Waals surface area contributed by atoms with E-state index in [2.05, 4.69) is 36.0 Å². The van der Waals surface area contributed by atoms with E-state index in [-0.39, 0.29) is 12.4 Å². The zero-order valence-electron chi connectivity index (χ0n) is 25.1. The van der Waals surface area contributed by atoms with Gasteiger partial charge in [-0.1, -0.05) is 23.7 Å². The van der Waals surface area contributed by atoms with Crippen molar-refractivity contribution in [2.45, 2.75) is 26.0 Å². The van der Waals surface area contributed by atoms with Crippen LogP contribution in [0.5, 0.6) is 5.75 Å². The van der Waals surface area contributed by atoms with Gasteiger partial charge in [0, 0.05) is 68.7 Å². The number of aryl methyl sites for hydroxylation is 2. The topological polar surface area (TPSA) is 80.6 Å². The lowest BCUT2D eigenvalue weighted by molar-refractivity contribution is 0.0948. The molecule has 4 heterocycles. The molecule has 3 aromatic heterocycles. The van der Waals surface area contributed by atoms with Gasteiger partial charge in [-0.3, -0.25) is 14.5 Å². The van der Waals surface area contributed by atoms with E-state index in [1.807, 2.05) is 24.3 Å². The van der Waals surface area contributed by atoms with Crippen LogP contribution in [0.15, 0.2) is 55.0 Å². The number of fused-ring (bicyclic) bond motifs is 5. The number of hydrogen-bond donors (Lipinski definition) is 1. The fourth-order valence-electron chi connectivity index (χ4n) is 6.06. The highest BCUT2D eigenvalue weighted by molar-refractivity contribution is 7.22. The highest BCUT2D eigenvalue weighted by Gasteiger charge is 2.27. The number of methoxy groups -OCH3 is 1. The number of rotatable bonds is 11. The molecule has 0 unspecified atom stereocenters. The first-order valence-corrected chi connectivity index (χ1v) is 16.4. The Kier molecular flexibility index (Phi) is 8.95. The number of nitrogens with one attached hydrogen (secondary N) is 1. The molecule has 2 aliphatic rings. The summed E-state index contributed by atoms with van der Waals surface area (Å²) in [5.74, 6) is 0.987. The number of nitrogens with zero attached hydrogens (tertiary/aromatic N) is 6. The number of hydrogen-bond acceptors (Lipinski definition) is 9. The molecule has 0 radical (unpaired) electrons. The lowest BCUT2D eigenvalue weighted by Crippen LogP contribution is -2.47. The summed E-state index contributed by atoms with van der Waals surface area (Å²) < 4.78 is 26.7. The predicted octanol–water partition coefficient (Wildman–Crippen LogP) is 6.03. The number of benzene rings is 2. The fourth-order valence-corrected chi connectivity index (χ4v) is 7.51. The summed E-state index contributed by atoms with van der Waals surface area (Å²) in [6, 6.07) is 11.9. The Morgan fingerprint density at radius 2 is 1.84 bits per heavy atom. The molecule has 45 heavy (non-hydrogen) atoms. The largest absolute Gasteiger partial charge is 0.487 e. The summed E-state index contributed by atoms with van der Waals surface area (Å²) in [6.45, 7) is 8.22. The quantitative estimate of drug-likeness (QED) is 0.186. The van der Waals surface area contributed by atoms with Gasteiger partial charge < -0.3 is 14.8 Å². The van der Waals surface area contributed by atoms with Crippen LogP contribution in [0.2, 0.25) is 5.02 Å². The highest BCUT2D eigenvalue weighted by Crippen LogP contribution is 2.45. The van der Waals surface area contributed by atoms with Crippen molar-refractivity contribution in [3.63, 3.8) is 0 Å². The van der Waals surface area contributed by atoms with Gasteiger partial charge >= 0.3 is 0 Å². The van der Waals surface area contributed by atoms with Gasteiger partial charge in [0.25, 0.3) is 0 Å². The van der Waals surface area contributed by atoms with E-state index in [1.165, 1.54) is 28.1 Å². The Labute approximate surface area is 270 Å². The molecule has 1 saturated heterocycles. The minimum Gasteiger partial charge on any atom is -0.487 e. The Morgan fingerprint density at radius 3 is 2.64 bits per heavy atom. The maximum absolute atomic E-state index is 13.5. The molecule has 5 aromatic rings. The second kappa shape index (κ2) is 13.4. The molecule has 0 atom stereocenters. The summed E-state index contributed by atoms with van der Waals surface area (Å²) in [7, 11) is 1.76. The van der Waals surface area contributed by atoms with Gasteiger partial charge in [-0.05, 0) is 54.3 Å². The minimum absolute atomic E-state index is 0.225. The number of ether oxygens (including phenoxy) is 2. The SMILES string of the molecule is COCCN1CCN(CCn2cc3c(n2)CCc2c-3sc3ncnc(Nc4ccc(OCc5cccc(F)c5)c(Cl)c4)c23)CC1. The van der Waals surface area contributed by atoms with E-state index in [4.69, 9.17) is 26.2 Å². The maximum Gasteiger partial charge on any atom is 0.142 e.